The first-order valence-corrected chi connectivity index (χ1v) is 4.19. The van der Waals surface area contributed by atoms with Crippen LogP contribution >= 0.6 is 0 Å². The third-order valence-electron chi connectivity index (χ3n) is 1.61. The predicted molar refractivity (Wildman–Crippen MR) is 49.0 cm³/mol. The van der Waals surface area contributed by atoms with Crippen molar-refractivity contribution >= 4 is 5.91 Å². The number of nitrogens with zero attached hydrogens (tertiary/aromatic N) is 3. The van der Waals surface area contributed by atoms with Crippen LogP contribution in [-0.2, 0) is 4.94 Å². The zero-order valence-electron chi connectivity index (χ0n) is 7.99. The number of hydrogen-bond donors (Lipinski definition) is 0. The molecule has 0 radical (unpaired) electrons. The van der Waals surface area contributed by atoms with Crippen molar-refractivity contribution in [1.29, 1.82) is 0 Å². The molecule has 0 bridgehead atoms. The van der Waals surface area contributed by atoms with Crippen molar-refractivity contribution in [3.63, 3.8) is 0 Å². The molecular weight excluding hydrogens is 202 g/mol. The van der Waals surface area contributed by atoms with E-state index in [1.54, 1.807) is 6.92 Å². The van der Waals surface area contributed by atoms with E-state index in [2.05, 4.69) is 9.92 Å². The lowest BCUT2D eigenvalue weighted by Gasteiger charge is -2.16. The molecule has 0 fully saturated rings. The van der Waals surface area contributed by atoms with Gasteiger partial charge in [0.05, 0.1) is 0 Å². The monoisotopic (exact) mass is 211 g/mol. The van der Waals surface area contributed by atoms with Crippen molar-refractivity contribution in [3.05, 3.63) is 40.2 Å². The first kappa shape index (κ1) is 10.9. The average molecular weight is 211 g/mol. The van der Waals surface area contributed by atoms with Crippen LogP contribution in [0.15, 0.2) is 24.5 Å². The maximum absolute atomic E-state index is 11.6. The Balaban J connectivity index is 2.78. The fourth-order valence-corrected chi connectivity index (χ4v) is 0.957. The van der Waals surface area contributed by atoms with Crippen LogP contribution in [0.1, 0.15) is 17.3 Å². The standard InChI is InChI=1S/C8H9N3O4/c1-2-10(15-11(13)14)8(12)7-3-5-9-6-4-7/h3-6H,2H2,1H3. The van der Waals surface area contributed by atoms with Gasteiger partial charge in [-0.1, -0.05) is 0 Å². The van der Waals surface area contributed by atoms with Crippen molar-refractivity contribution in [3.8, 4) is 0 Å². The van der Waals surface area contributed by atoms with Crippen LogP contribution in [0.5, 0.6) is 0 Å². The highest BCUT2D eigenvalue weighted by Crippen LogP contribution is 2.03. The second-order valence-corrected chi connectivity index (χ2v) is 2.54. The number of aromatic nitrogens is 1. The summed E-state index contributed by atoms with van der Waals surface area (Å²) in [5, 5.41) is 9.72. The van der Waals surface area contributed by atoms with E-state index in [0.717, 1.165) is 0 Å². The largest absolute Gasteiger partial charge is 0.317 e. The van der Waals surface area contributed by atoms with Gasteiger partial charge in [0.2, 0.25) is 0 Å². The maximum Gasteiger partial charge on any atom is 0.317 e. The van der Waals surface area contributed by atoms with E-state index in [9.17, 15) is 14.9 Å². The molecule has 0 aliphatic rings. The molecular formula is C8H9N3O4. The summed E-state index contributed by atoms with van der Waals surface area (Å²) < 4.78 is 0. The molecule has 0 atom stereocenters. The molecule has 1 aromatic heterocycles. The summed E-state index contributed by atoms with van der Waals surface area (Å²) in [6.45, 7) is 1.66. The summed E-state index contributed by atoms with van der Waals surface area (Å²) in [5.74, 6) is -0.573. The van der Waals surface area contributed by atoms with Crippen molar-refractivity contribution < 1.29 is 14.8 Å². The molecule has 0 aliphatic carbocycles. The van der Waals surface area contributed by atoms with Crippen LogP contribution in [0.25, 0.3) is 0 Å². The average Bonchev–Trinajstić information content (AvgIpc) is 2.26. The predicted octanol–water partition coefficient (Wildman–Crippen LogP) is 0.667. The number of hydrogen-bond acceptors (Lipinski definition) is 5. The van der Waals surface area contributed by atoms with Gasteiger partial charge < -0.3 is 0 Å². The second kappa shape index (κ2) is 4.89. The molecule has 0 unspecified atom stereocenters. The second-order valence-electron chi connectivity index (χ2n) is 2.54. The van der Waals surface area contributed by atoms with Crippen molar-refractivity contribution in [2.24, 2.45) is 0 Å². The minimum atomic E-state index is -1.03. The number of hydroxylamine groups is 2. The number of amides is 1. The molecule has 1 rings (SSSR count). The molecule has 0 saturated heterocycles. The third-order valence-corrected chi connectivity index (χ3v) is 1.61. The highest BCUT2D eigenvalue weighted by molar-refractivity contribution is 5.93. The molecule has 0 aliphatic heterocycles. The molecule has 1 aromatic rings. The van der Waals surface area contributed by atoms with Gasteiger partial charge in [0.25, 0.3) is 5.91 Å². The van der Waals surface area contributed by atoms with Crippen molar-refractivity contribution in [2.75, 3.05) is 6.54 Å². The van der Waals surface area contributed by atoms with E-state index in [1.807, 2.05) is 0 Å². The van der Waals surface area contributed by atoms with Crippen LogP contribution in [0.4, 0.5) is 0 Å². The van der Waals surface area contributed by atoms with Crippen molar-refractivity contribution in [1.82, 2.24) is 10.0 Å². The van der Waals surface area contributed by atoms with Crippen LogP contribution < -0.4 is 0 Å². The fraction of sp³-hybridized carbons (Fsp3) is 0.250. The highest BCUT2D eigenvalue weighted by Gasteiger charge is 2.17. The van der Waals surface area contributed by atoms with Gasteiger partial charge in [-0.15, -0.1) is 10.1 Å². The van der Waals surface area contributed by atoms with Gasteiger partial charge in [0, 0.05) is 24.5 Å². The Morgan fingerprint density at radius 3 is 2.67 bits per heavy atom. The third kappa shape index (κ3) is 2.90. The van der Waals surface area contributed by atoms with Gasteiger partial charge in [0.15, 0.2) is 0 Å². The number of pyridine rings is 1. The van der Waals surface area contributed by atoms with Crippen molar-refractivity contribution in [2.45, 2.75) is 6.92 Å². The zero-order chi connectivity index (χ0) is 11.3. The fourth-order valence-electron chi connectivity index (χ4n) is 0.957. The molecule has 80 valence electrons. The normalized spacial score (nSPS) is 9.40. The van der Waals surface area contributed by atoms with Gasteiger partial charge in [-0.2, -0.15) is 10.0 Å². The Hall–Kier alpha value is -2.18. The molecule has 7 nitrogen and oxygen atoms in total. The van der Waals surface area contributed by atoms with Gasteiger partial charge in [-0.25, -0.2) is 0 Å². The Bertz CT molecular complexity index is 354. The minimum absolute atomic E-state index is 0.0855. The first-order chi connectivity index (χ1) is 7.15. The highest BCUT2D eigenvalue weighted by atomic mass is 17.0. The molecule has 0 saturated carbocycles. The summed E-state index contributed by atoms with van der Waals surface area (Å²) in [5.41, 5.74) is 0.286. The Kier molecular flexibility index (Phi) is 3.55. The van der Waals surface area contributed by atoms with Crippen LogP contribution in [0.3, 0.4) is 0 Å². The SMILES string of the molecule is CCN(O[N+](=O)[O-])C(=O)c1ccncc1. The van der Waals surface area contributed by atoms with E-state index in [1.165, 1.54) is 24.5 Å². The summed E-state index contributed by atoms with van der Waals surface area (Å²) in [7, 11) is 0. The first-order valence-electron chi connectivity index (χ1n) is 4.19. The Morgan fingerprint density at radius 2 is 2.20 bits per heavy atom. The lowest BCUT2D eigenvalue weighted by Crippen LogP contribution is -2.33. The van der Waals surface area contributed by atoms with E-state index in [-0.39, 0.29) is 12.1 Å². The molecule has 1 heterocycles. The van der Waals surface area contributed by atoms with E-state index < -0.39 is 11.0 Å². The maximum atomic E-state index is 11.6. The molecule has 7 heteroatoms. The topological polar surface area (TPSA) is 85.6 Å². The molecule has 15 heavy (non-hydrogen) atoms. The minimum Gasteiger partial charge on any atom is -0.267 e. The van der Waals surface area contributed by atoms with Crippen LogP contribution in [-0.4, -0.2) is 27.6 Å². The quantitative estimate of drug-likeness (QED) is 0.539. The molecule has 0 aromatic carbocycles. The van der Waals surface area contributed by atoms with Crippen LogP contribution in [0.2, 0.25) is 0 Å². The lowest BCUT2D eigenvalue weighted by atomic mass is 10.2. The summed E-state index contributed by atoms with van der Waals surface area (Å²) in [6.07, 6.45) is 2.85. The summed E-state index contributed by atoms with van der Waals surface area (Å²) in [6, 6.07) is 2.91. The van der Waals surface area contributed by atoms with Gasteiger partial charge in [0.1, 0.15) is 0 Å². The molecule has 1 amide bonds. The van der Waals surface area contributed by atoms with E-state index in [0.29, 0.717) is 5.06 Å². The van der Waals surface area contributed by atoms with Gasteiger partial charge >= 0.3 is 5.09 Å². The Labute approximate surface area is 85.3 Å². The van der Waals surface area contributed by atoms with Gasteiger partial charge in [-0.05, 0) is 19.1 Å². The Morgan fingerprint density at radius 1 is 1.60 bits per heavy atom. The summed E-state index contributed by atoms with van der Waals surface area (Å²) in [4.78, 5) is 29.5. The van der Waals surface area contributed by atoms with E-state index >= 15 is 0 Å². The summed E-state index contributed by atoms with van der Waals surface area (Å²) >= 11 is 0. The number of carbonyl (C=O) groups excluding carboxylic acids is 1. The van der Waals surface area contributed by atoms with E-state index in [4.69, 9.17) is 0 Å². The smallest absolute Gasteiger partial charge is 0.267 e. The zero-order valence-corrected chi connectivity index (χ0v) is 7.99. The molecule has 0 N–H and O–H groups in total. The molecule has 0 spiro atoms. The number of carbonyl (C=O) groups is 1. The number of rotatable bonds is 4. The lowest BCUT2D eigenvalue weighted by molar-refractivity contribution is -0.803. The van der Waals surface area contributed by atoms with Crippen LogP contribution in [0, 0.1) is 10.1 Å². The van der Waals surface area contributed by atoms with Gasteiger partial charge in [-0.3, -0.25) is 9.78 Å².